The summed E-state index contributed by atoms with van der Waals surface area (Å²) in [4.78, 5) is 11.7. The van der Waals surface area contributed by atoms with E-state index in [4.69, 9.17) is 4.74 Å². The van der Waals surface area contributed by atoms with Gasteiger partial charge in [-0.15, -0.1) is 0 Å². The molecule has 1 aromatic rings. The first kappa shape index (κ1) is 15.5. The zero-order valence-corrected chi connectivity index (χ0v) is 12.2. The standard InChI is InChI=1S/C16H25NO2/c1-4-5-6-7-11-14(3)19-16(18)17-15-12-9-8-10-13(15)2/h8-10,12,14H,4-7,11H2,1-3H3,(H,17,18)/t14-/m1/s1. The smallest absolute Gasteiger partial charge is 0.411 e. The molecule has 0 aliphatic carbocycles. The Morgan fingerprint density at radius 1 is 1.26 bits per heavy atom. The molecule has 1 rings (SSSR count). The van der Waals surface area contributed by atoms with Crippen LogP contribution in [0.5, 0.6) is 0 Å². The second-order valence-electron chi connectivity index (χ2n) is 5.01. The van der Waals surface area contributed by atoms with Crippen LogP contribution in [0, 0.1) is 6.92 Å². The number of anilines is 1. The van der Waals surface area contributed by atoms with E-state index in [0.717, 1.165) is 24.1 Å². The molecule has 0 heterocycles. The predicted octanol–water partition coefficient (Wildman–Crippen LogP) is 4.90. The largest absolute Gasteiger partial charge is 0.446 e. The predicted molar refractivity (Wildman–Crippen MR) is 79.5 cm³/mol. The number of ether oxygens (including phenoxy) is 1. The van der Waals surface area contributed by atoms with E-state index < -0.39 is 0 Å². The number of aryl methyl sites for hydroxylation is 1. The van der Waals surface area contributed by atoms with E-state index >= 15 is 0 Å². The fourth-order valence-corrected chi connectivity index (χ4v) is 1.95. The van der Waals surface area contributed by atoms with Gasteiger partial charge in [0.15, 0.2) is 0 Å². The number of benzene rings is 1. The lowest BCUT2D eigenvalue weighted by atomic mass is 10.1. The van der Waals surface area contributed by atoms with Crippen LogP contribution < -0.4 is 5.32 Å². The van der Waals surface area contributed by atoms with Crippen molar-refractivity contribution in [1.82, 2.24) is 0 Å². The highest BCUT2D eigenvalue weighted by atomic mass is 16.6. The van der Waals surface area contributed by atoms with E-state index in [-0.39, 0.29) is 12.2 Å². The maximum atomic E-state index is 11.7. The van der Waals surface area contributed by atoms with E-state index in [0.29, 0.717) is 0 Å². The molecule has 0 aromatic heterocycles. The molecule has 0 aliphatic heterocycles. The lowest BCUT2D eigenvalue weighted by Gasteiger charge is -2.14. The third-order valence-corrected chi connectivity index (χ3v) is 3.15. The highest BCUT2D eigenvalue weighted by Crippen LogP contribution is 2.14. The summed E-state index contributed by atoms with van der Waals surface area (Å²) in [7, 11) is 0. The zero-order valence-electron chi connectivity index (χ0n) is 12.2. The van der Waals surface area contributed by atoms with Crippen LogP contribution in [-0.4, -0.2) is 12.2 Å². The van der Waals surface area contributed by atoms with Gasteiger partial charge in [0.1, 0.15) is 6.10 Å². The summed E-state index contributed by atoms with van der Waals surface area (Å²) in [5.74, 6) is 0. The molecule has 0 saturated carbocycles. The highest BCUT2D eigenvalue weighted by Gasteiger charge is 2.10. The summed E-state index contributed by atoms with van der Waals surface area (Å²) >= 11 is 0. The highest BCUT2D eigenvalue weighted by molar-refractivity contribution is 5.85. The fourth-order valence-electron chi connectivity index (χ4n) is 1.95. The Morgan fingerprint density at radius 2 is 2.00 bits per heavy atom. The molecule has 0 bridgehead atoms. The molecular formula is C16H25NO2. The lowest BCUT2D eigenvalue weighted by Crippen LogP contribution is -2.20. The Hall–Kier alpha value is -1.51. The summed E-state index contributed by atoms with van der Waals surface area (Å²) in [5, 5.41) is 2.78. The molecule has 0 unspecified atom stereocenters. The minimum absolute atomic E-state index is 0.0270. The van der Waals surface area contributed by atoms with Gasteiger partial charge in [-0.3, -0.25) is 5.32 Å². The van der Waals surface area contributed by atoms with Crippen LogP contribution in [0.1, 0.15) is 51.5 Å². The SMILES string of the molecule is CCCCCC[C@@H](C)OC(=O)Nc1ccccc1C. The van der Waals surface area contributed by atoms with E-state index in [1.165, 1.54) is 19.3 Å². The molecule has 0 radical (unpaired) electrons. The molecular weight excluding hydrogens is 238 g/mol. The van der Waals surface area contributed by atoms with Crippen LogP contribution in [0.2, 0.25) is 0 Å². The van der Waals surface area contributed by atoms with Crippen molar-refractivity contribution in [2.75, 3.05) is 5.32 Å². The van der Waals surface area contributed by atoms with Crippen LogP contribution in [0.15, 0.2) is 24.3 Å². The van der Waals surface area contributed by atoms with Gasteiger partial charge in [-0.2, -0.15) is 0 Å². The van der Waals surface area contributed by atoms with Gasteiger partial charge in [0.05, 0.1) is 0 Å². The molecule has 0 saturated heterocycles. The van der Waals surface area contributed by atoms with Crippen molar-refractivity contribution in [2.45, 2.75) is 59.0 Å². The maximum absolute atomic E-state index is 11.7. The number of hydrogen-bond donors (Lipinski definition) is 1. The molecule has 0 fully saturated rings. The Balaban J connectivity index is 2.29. The number of rotatable bonds is 7. The first-order chi connectivity index (χ1) is 9.13. The summed E-state index contributed by atoms with van der Waals surface area (Å²) in [6.45, 7) is 6.10. The van der Waals surface area contributed by atoms with Crippen molar-refractivity contribution in [1.29, 1.82) is 0 Å². The maximum Gasteiger partial charge on any atom is 0.411 e. The van der Waals surface area contributed by atoms with Crippen molar-refractivity contribution in [3.63, 3.8) is 0 Å². The van der Waals surface area contributed by atoms with Crippen molar-refractivity contribution >= 4 is 11.8 Å². The van der Waals surface area contributed by atoms with E-state index in [1.54, 1.807) is 0 Å². The van der Waals surface area contributed by atoms with Gasteiger partial charge < -0.3 is 4.74 Å². The Bertz CT molecular complexity index is 390. The Labute approximate surface area is 116 Å². The fraction of sp³-hybridized carbons (Fsp3) is 0.562. The van der Waals surface area contributed by atoms with E-state index in [9.17, 15) is 4.79 Å². The second-order valence-corrected chi connectivity index (χ2v) is 5.01. The second kappa shape index (κ2) is 8.57. The van der Waals surface area contributed by atoms with Crippen LogP contribution in [0.25, 0.3) is 0 Å². The van der Waals surface area contributed by atoms with Gasteiger partial charge in [0.25, 0.3) is 0 Å². The van der Waals surface area contributed by atoms with Gasteiger partial charge >= 0.3 is 6.09 Å². The van der Waals surface area contributed by atoms with Crippen LogP contribution >= 0.6 is 0 Å². The molecule has 1 amide bonds. The van der Waals surface area contributed by atoms with Crippen molar-refractivity contribution in [3.8, 4) is 0 Å². The van der Waals surface area contributed by atoms with Crippen LogP contribution in [0.4, 0.5) is 10.5 Å². The molecule has 0 spiro atoms. The molecule has 19 heavy (non-hydrogen) atoms. The number of hydrogen-bond acceptors (Lipinski definition) is 2. The molecule has 0 aliphatic rings. The average Bonchev–Trinajstić information content (AvgIpc) is 2.37. The summed E-state index contributed by atoms with van der Waals surface area (Å²) < 4.78 is 5.34. The van der Waals surface area contributed by atoms with Gasteiger partial charge in [0, 0.05) is 5.69 Å². The van der Waals surface area contributed by atoms with E-state index in [1.807, 2.05) is 38.1 Å². The topological polar surface area (TPSA) is 38.3 Å². The Morgan fingerprint density at radius 3 is 2.68 bits per heavy atom. The Kier molecular flexibility index (Phi) is 7.01. The quantitative estimate of drug-likeness (QED) is 0.710. The zero-order chi connectivity index (χ0) is 14.1. The van der Waals surface area contributed by atoms with Gasteiger partial charge in [-0.1, -0.05) is 44.4 Å². The third-order valence-electron chi connectivity index (χ3n) is 3.15. The number of amides is 1. The molecule has 1 atom stereocenters. The monoisotopic (exact) mass is 263 g/mol. The number of para-hydroxylation sites is 1. The number of nitrogens with one attached hydrogen (secondary N) is 1. The molecule has 3 heteroatoms. The van der Waals surface area contributed by atoms with Gasteiger partial charge in [-0.05, 0) is 38.3 Å². The minimum atomic E-state index is -0.364. The van der Waals surface area contributed by atoms with E-state index in [2.05, 4.69) is 12.2 Å². The number of carbonyl (C=O) groups excluding carboxylic acids is 1. The third kappa shape index (κ3) is 6.27. The van der Waals surface area contributed by atoms with Crippen molar-refractivity contribution in [3.05, 3.63) is 29.8 Å². The average molecular weight is 263 g/mol. The van der Waals surface area contributed by atoms with Gasteiger partial charge in [0.2, 0.25) is 0 Å². The molecule has 1 N–H and O–H groups in total. The summed E-state index contributed by atoms with van der Waals surface area (Å²) in [5.41, 5.74) is 1.85. The first-order valence-electron chi connectivity index (χ1n) is 7.16. The summed E-state index contributed by atoms with van der Waals surface area (Å²) in [6, 6.07) is 7.69. The summed E-state index contributed by atoms with van der Waals surface area (Å²) in [6.07, 6.45) is 5.35. The normalized spacial score (nSPS) is 11.9. The van der Waals surface area contributed by atoms with Crippen molar-refractivity contribution < 1.29 is 9.53 Å². The number of unbranched alkanes of at least 4 members (excludes halogenated alkanes) is 3. The first-order valence-corrected chi connectivity index (χ1v) is 7.16. The lowest BCUT2D eigenvalue weighted by molar-refractivity contribution is 0.114. The minimum Gasteiger partial charge on any atom is -0.446 e. The van der Waals surface area contributed by atoms with Crippen molar-refractivity contribution in [2.24, 2.45) is 0 Å². The van der Waals surface area contributed by atoms with Gasteiger partial charge in [-0.25, -0.2) is 4.79 Å². The van der Waals surface area contributed by atoms with Crippen LogP contribution in [0.3, 0.4) is 0 Å². The molecule has 106 valence electrons. The van der Waals surface area contributed by atoms with Crippen LogP contribution in [-0.2, 0) is 4.74 Å². The molecule has 3 nitrogen and oxygen atoms in total. The molecule has 1 aromatic carbocycles. The number of carbonyl (C=O) groups is 1.